The van der Waals surface area contributed by atoms with Crippen molar-refractivity contribution in [3.05, 3.63) is 0 Å². The Morgan fingerprint density at radius 1 is 0.485 bits per heavy atom. The van der Waals surface area contributed by atoms with Crippen LogP contribution in [0.5, 0.6) is 0 Å². The Balaban J connectivity index is -0.000000250. The van der Waals surface area contributed by atoms with Gasteiger partial charge in [-0.25, -0.2) is 0 Å². The van der Waals surface area contributed by atoms with Gasteiger partial charge in [-0.1, -0.05) is 129 Å². The molecule has 7 heteroatoms. The first-order chi connectivity index (χ1) is 15.5. The summed E-state index contributed by atoms with van der Waals surface area (Å²) in [6, 6.07) is 0. The zero-order valence-corrected chi connectivity index (χ0v) is 26.0. The Hall–Kier alpha value is 0.380. The van der Waals surface area contributed by atoms with E-state index in [9.17, 15) is 0 Å². The Kier molecular flexibility index (Phi) is 39.7. The third kappa shape index (κ3) is 42.9. The molecule has 0 aliphatic carbocycles. The van der Waals surface area contributed by atoms with Crippen molar-refractivity contribution < 1.29 is 40.5 Å². The van der Waals surface area contributed by atoms with Gasteiger partial charge in [-0.05, 0) is 37.3 Å². The second-order valence-electron chi connectivity index (χ2n) is 8.70. The van der Waals surface area contributed by atoms with E-state index in [1.807, 2.05) is 0 Å². The summed E-state index contributed by atoms with van der Waals surface area (Å²) >= 11 is 9.24. The maximum atomic E-state index is 5.22. The molecule has 0 atom stereocenters. The molecule has 0 unspecified atom stereocenters. The topological polar surface area (TPSA) is 70.5 Å². The Morgan fingerprint density at radius 3 is 0.909 bits per heavy atom. The van der Waals surface area contributed by atoms with Gasteiger partial charge in [0.15, 0.2) is 0 Å². The van der Waals surface area contributed by atoms with E-state index in [1.165, 1.54) is 116 Å². The van der Waals surface area contributed by atoms with Crippen LogP contribution in [0.4, 0.5) is 0 Å². The quantitative estimate of drug-likeness (QED) is 0.114. The Labute approximate surface area is 240 Å². The Bertz CT molecular complexity index is 373. The van der Waals surface area contributed by atoms with Crippen LogP contribution >= 0.6 is 24.4 Å². The molecular formula is C26H55N2NaO2S2. The SMILES string of the molecule is CCCCCCCCCCCCOC(N)=S.CCCCCCCCCCCCOC(N)=S.[H-].[Na+]. The fourth-order valence-corrected chi connectivity index (χ4v) is 3.69. The number of hydrogen-bond donors (Lipinski definition) is 2. The van der Waals surface area contributed by atoms with E-state index in [2.05, 4.69) is 38.3 Å². The van der Waals surface area contributed by atoms with Crippen molar-refractivity contribution in [1.82, 2.24) is 0 Å². The van der Waals surface area contributed by atoms with Crippen LogP contribution in [0, 0.1) is 0 Å². The summed E-state index contributed by atoms with van der Waals surface area (Å²) in [5.41, 5.74) is 10.4. The number of unbranched alkanes of at least 4 members (excludes halogenated alkanes) is 18. The third-order valence-electron chi connectivity index (χ3n) is 5.48. The van der Waals surface area contributed by atoms with E-state index in [-0.39, 0.29) is 41.3 Å². The number of thiocarbonyl (C=S) groups is 2. The van der Waals surface area contributed by atoms with Gasteiger partial charge in [0.05, 0.1) is 13.2 Å². The van der Waals surface area contributed by atoms with Crippen LogP contribution in [-0.4, -0.2) is 23.6 Å². The molecule has 33 heavy (non-hydrogen) atoms. The average Bonchev–Trinajstić information content (AvgIpc) is 2.76. The van der Waals surface area contributed by atoms with Gasteiger partial charge in [-0.3, -0.25) is 0 Å². The number of nitrogens with two attached hydrogens (primary N) is 2. The largest absolute Gasteiger partial charge is 1.00 e. The summed E-state index contributed by atoms with van der Waals surface area (Å²) in [5, 5.41) is 0.354. The standard InChI is InChI=1S/2C13H27NOS.Na.H/c2*1-2-3-4-5-6-7-8-9-10-11-12-15-13(14)16;;/h2*2-12H2,1H3,(H2,14,16);;/q;;+1;-1. The van der Waals surface area contributed by atoms with Crippen molar-refractivity contribution in [2.24, 2.45) is 11.5 Å². The smallest absolute Gasteiger partial charge is 1.00 e. The molecule has 0 fully saturated rings. The molecule has 0 aromatic carbocycles. The number of ether oxygens (including phenoxy) is 2. The molecule has 0 heterocycles. The predicted molar refractivity (Wildman–Crippen MR) is 150 cm³/mol. The van der Waals surface area contributed by atoms with Crippen LogP contribution in [0.2, 0.25) is 0 Å². The van der Waals surface area contributed by atoms with Crippen molar-refractivity contribution in [3.8, 4) is 0 Å². The van der Waals surface area contributed by atoms with Gasteiger partial charge >= 0.3 is 29.6 Å². The van der Waals surface area contributed by atoms with Gasteiger partial charge in [0.25, 0.3) is 10.3 Å². The van der Waals surface area contributed by atoms with Gasteiger partial charge in [0.1, 0.15) is 0 Å². The fraction of sp³-hybridized carbons (Fsp3) is 0.923. The molecule has 0 saturated carbocycles. The molecule has 0 aromatic rings. The van der Waals surface area contributed by atoms with Crippen molar-refractivity contribution in [2.75, 3.05) is 13.2 Å². The molecule has 4 N–H and O–H groups in total. The second kappa shape index (κ2) is 34.5. The molecule has 4 nitrogen and oxygen atoms in total. The molecule has 0 aliphatic heterocycles. The summed E-state index contributed by atoms with van der Waals surface area (Å²) in [7, 11) is 0. The summed E-state index contributed by atoms with van der Waals surface area (Å²) < 4.78 is 10.0. The first-order valence-electron chi connectivity index (χ1n) is 13.4. The third-order valence-corrected chi connectivity index (χ3v) is 5.72. The van der Waals surface area contributed by atoms with E-state index in [1.54, 1.807) is 0 Å². The minimum Gasteiger partial charge on any atom is -1.00 e. The van der Waals surface area contributed by atoms with Gasteiger partial charge in [0.2, 0.25) is 0 Å². The summed E-state index contributed by atoms with van der Waals surface area (Å²) in [5.74, 6) is 0. The van der Waals surface area contributed by atoms with Crippen molar-refractivity contribution >= 4 is 34.8 Å². The summed E-state index contributed by atoms with van der Waals surface area (Å²) in [6.07, 6.45) is 26.7. The van der Waals surface area contributed by atoms with E-state index in [0.717, 1.165) is 12.8 Å². The van der Waals surface area contributed by atoms with Crippen LogP contribution < -0.4 is 41.0 Å². The molecule has 194 valence electrons. The zero-order chi connectivity index (χ0) is 24.1. The minimum atomic E-state index is 0. The molecular weight excluding hydrogens is 459 g/mol. The monoisotopic (exact) mass is 514 g/mol. The van der Waals surface area contributed by atoms with Crippen LogP contribution in [0.3, 0.4) is 0 Å². The van der Waals surface area contributed by atoms with Gasteiger partial charge in [0, 0.05) is 0 Å². The van der Waals surface area contributed by atoms with E-state index in [0.29, 0.717) is 13.2 Å². The van der Waals surface area contributed by atoms with Crippen molar-refractivity contribution in [3.63, 3.8) is 0 Å². The molecule has 0 amide bonds. The summed E-state index contributed by atoms with van der Waals surface area (Å²) in [6.45, 7) is 5.89. The summed E-state index contributed by atoms with van der Waals surface area (Å²) in [4.78, 5) is 0. The first-order valence-corrected chi connectivity index (χ1v) is 14.2. The molecule has 0 aromatic heterocycles. The number of rotatable bonds is 22. The van der Waals surface area contributed by atoms with Crippen molar-refractivity contribution in [1.29, 1.82) is 0 Å². The molecule has 0 rings (SSSR count). The normalized spacial score (nSPS) is 10.0. The van der Waals surface area contributed by atoms with Crippen molar-refractivity contribution in [2.45, 2.75) is 142 Å². The average molecular weight is 515 g/mol. The van der Waals surface area contributed by atoms with Crippen LogP contribution in [-0.2, 0) is 9.47 Å². The minimum absolute atomic E-state index is 0. The fourth-order valence-electron chi connectivity index (χ4n) is 3.52. The van der Waals surface area contributed by atoms with Gasteiger partial charge < -0.3 is 22.4 Å². The molecule has 0 bridgehead atoms. The van der Waals surface area contributed by atoms with Crippen LogP contribution in [0.15, 0.2) is 0 Å². The Morgan fingerprint density at radius 2 is 0.697 bits per heavy atom. The maximum absolute atomic E-state index is 5.22. The maximum Gasteiger partial charge on any atom is 1.00 e. The van der Waals surface area contributed by atoms with Crippen LogP contribution in [0.25, 0.3) is 0 Å². The predicted octanol–water partition coefficient (Wildman–Crippen LogP) is 5.45. The van der Waals surface area contributed by atoms with Gasteiger partial charge in [-0.15, -0.1) is 0 Å². The first kappa shape index (κ1) is 37.9. The van der Waals surface area contributed by atoms with Gasteiger partial charge in [-0.2, -0.15) is 0 Å². The van der Waals surface area contributed by atoms with E-state index in [4.69, 9.17) is 20.9 Å². The van der Waals surface area contributed by atoms with E-state index >= 15 is 0 Å². The number of hydrogen-bond acceptors (Lipinski definition) is 4. The molecule has 0 aliphatic rings. The molecule has 0 radical (unpaired) electrons. The van der Waals surface area contributed by atoms with Crippen LogP contribution in [0.1, 0.15) is 144 Å². The second-order valence-corrected chi connectivity index (χ2v) is 9.50. The molecule has 0 spiro atoms. The zero-order valence-electron chi connectivity index (χ0n) is 23.3. The van der Waals surface area contributed by atoms with E-state index < -0.39 is 0 Å². The molecule has 0 saturated heterocycles.